The fraction of sp³-hybridized carbons (Fsp3) is 0.304. The van der Waals surface area contributed by atoms with Crippen molar-refractivity contribution in [1.82, 2.24) is 14.9 Å². The number of carbonyl (C=O) groups is 2. The van der Waals surface area contributed by atoms with Crippen LogP contribution >= 0.6 is 0 Å². The maximum absolute atomic E-state index is 11.4. The van der Waals surface area contributed by atoms with Crippen LogP contribution in [0, 0.1) is 6.92 Å². The van der Waals surface area contributed by atoms with Gasteiger partial charge in [0.05, 0.1) is 23.7 Å². The van der Waals surface area contributed by atoms with Gasteiger partial charge in [-0.2, -0.15) is 13.2 Å². The van der Waals surface area contributed by atoms with Crippen LogP contribution in [0.1, 0.15) is 5.56 Å². The molecular formula is C23H23F3N4O6. The summed E-state index contributed by atoms with van der Waals surface area (Å²) in [5.41, 5.74) is 2.32. The van der Waals surface area contributed by atoms with Crippen molar-refractivity contribution < 1.29 is 43.2 Å². The zero-order valence-corrected chi connectivity index (χ0v) is 19.0. The molecule has 13 heteroatoms. The van der Waals surface area contributed by atoms with Crippen LogP contribution in [0.4, 0.5) is 23.8 Å². The Bertz CT molecular complexity index is 1270. The maximum atomic E-state index is 11.4. The van der Waals surface area contributed by atoms with Gasteiger partial charge in [0.1, 0.15) is 11.6 Å². The van der Waals surface area contributed by atoms with Gasteiger partial charge in [-0.05, 0) is 36.8 Å². The second kappa shape index (κ2) is 10.6. The highest BCUT2D eigenvalue weighted by molar-refractivity contribution is 5.92. The zero-order valence-electron chi connectivity index (χ0n) is 19.0. The number of halogens is 3. The van der Waals surface area contributed by atoms with Crippen molar-refractivity contribution in [3.8, 4) is 17.1 Å². The highest BCUT2D eigenvalue weighted by Gasteiger charge is 2.38. The third-order valence-electron chi connectivity index (χ3n) is 5.46. The first kappa shape index (κ1) is 26.5. The standard InChI is InChI=1S/C21H22N4O4.C2HF3O2/c1-13-6-7-15-17(10-13)22-19(16-4-2-3-5-18(16)27)23-20(15)24-8-9-25(21(28)29)14(11-24)12-26;3-2(4,5)1(6)7/h2-7,10,14,26-27H,8-9,11-12H2,1H3,(H,28,29);(H,6,7). The van der Waals surface area contributed by atoms with E-state index in [0.29, 0.717) is 30.3 Å². The molecular weight excluding hydrogens is 485 g/mol. The van der Waals surface area contributed by atoms with E-state index in [1.807, 2.05) is 36.1 Å². The topological polar surface area (TPSA) is 147 Å². The van der Waals surface area contributed by atoms with E-state index in [4.69, 9.17) is 14.9 Å². The van der Waals surface area contributed by atoms with Gasteiger partial charge in [0.15, 0.2) is 5.82 Å². The molecule has 192 valence electrons. The second-order valence-corrected chi connectivity index (χ2v) is 7.97. The summed E-state index contributed by atoms with van der Waals surface area (Å²) in [5.74, 6) is -1.60. The summed E-state index contributed by atoms with van der Waals surface area (Å²) in [5, 5.41) is 37.3. The molecule has 1 fully saturated rings. The molecule has 0 aliphatic carbocycles. The Hall–Kier alpha value is -4.13. The molecule has 0 saturated carbocycles. The summed E-state index contributed by atoms with van der Waals surface area (Å²) in [4.78, 5) is 32.9. The van der Waals surface area contributed by atoms with Crippen LogP contribution < -0.4 is 4.90 Å². The molecule has 4 rings (SSSR count). The minimum Gasteiger partial charge on any atom is -0.507 e. The molecule has 1 saturated heterocycles. The van der Waals surface area contributed by atoms with Gasteiger partial charge in [-0.3, -0.25) is 4.90 Å². The number of phenols is 1. The monoisotopic (exact) mass is 508 g/mol. The Kier molecular flexibility index (Phi) is 7.83. The number of carboxylic acids is 1. The number of hydrogen-bond acceptors (Lipinski definition) is 7. The van der Waals surface area contributed by atoms with E-state index in [1.165, 1.54) is 4.90 Å². The molecule has 1 aliphatic heterocycles. The largest absolute Gasteiger partial charge is 0.507 e. The third kappa shape index (κ3) is 5.92. The Labute approximate surface area is 202 Å². The van der Waals surface area contributed by atoms with Crippen LogP contribution in [0.3, 0.4) is 0 Å². The number of rotatable bonds is 3. The first-order valence-corrected chi connectivity index (χ1v) is 10.6. The van der Waals surface area contributed by atoms with E-state index in [-0.39, 0.29) is 18.9 Å². The average Bonchev–Trinajstić information content (AvgIpc) is 2.82. The molecule has 10 nitrogen and oxygen atoms in total. The van der Waals surface area contributed by atoms with Crippen LogP contribution in [0.15, 0.2) is 42.5 Å². The number of fused-ring (bicyclic) bond motifs is 1. The van der Waals surface area contributed by atoms with Crippen LogP contribution in [-0.4, -0.2) is 85.8 Å². The minimum absolute atomic E-state index is 0.0920. The number of aryl methyl sites for hydroxylation is 1. The number of phenolic OH excluding ortho intramolecular Hbond substituents is 1. The van der Waals surface area contributed by atoms with Gasteiger partial charge in [-0.1, -0.05) is 18.2 Å². The number of hydrogen-bond donors (Lipinski definition) is 4. The molecule has 2 heterocycles. The minimum atomic E-state index is -5.08. The van der Waals surface area contributed by atoms with Crippen molar-refractivity contribution in [2.45, 2.75) is 19.1 Å². The van der Waals surface area contributed by atoms with E-state index in [0.717, 1.165) is 16.5 Å². The van der Waals surface area contributed by atoms with Crippen LogP contribution in [0.25, 0.3) is 22.3 Å². The molecule has 3 aromatic rings. The van der Waals surface area contributed by atoms with E-state index >= 15 is 0 Å². The Morgan fingerprint density at radius 1 is 1.08 bits per heavy atom. The van der Waals surface area contributed by atoms with Gasteiger partial charge < -0.3 is 25.3 Å². The summed E-state index contributed by atoms with van der Waals surface area (Å²) in [6, 6.07) is 12.2. The van der Waals surface area contributed by atoms with Gasteiger partial charge in [0, 0.05) is 25.0 Å². The number of aliphatic hydroxyl groups excluding tert-OH is 1. The summed E-state index contributed by atoms with van der Waals surface area (Å²) in [6.45, 7) is 2.75. The van der Waals surface area contributed by atoms with Crippen molar-refractivity contribution in [1.29, 1.82) is 0 Å². The van der Waals surface area contributed by atoms with E-state index in [2.05, 4.69) is 4.98 Å². The molecule has 0 bridgehead atoms. The molecule has 2 aromatic carbocycles. The second-order valence-electron chi connectivity index (χ2n) is 7.97. The number of aliphatic carboxylic acids is 1. The smallest absolute Gasteiger partial charge is 0.490 e. The Morgan fingerprint density at radius 2 is 1.75 bits per heavy atom. The van der Waals surface area contributed by atoms with Crippen molar-refractivity contribution in [3.05, 3.63) is 48.0 Å². The predicted molar refractivity (Wildman–Crippen MR) is 123 cm³/mol. The van der Waals surface area contributed by atoms with Crippen molar-refractivity contribution >= 4 is 28.8 Å². The van der Waals surface area contributed by atoms with Gasteiger partial charge in [0.25, 0.3) is 0 Å². The number of alkyl halides is 3. The molecule has 1 aliphatic rings. The van der Waals surface area contributed by atoms with Crippen molar-refractivity contribution in [2.24, 2.45) is 0 Å². The quantitative estimate of drug-likeness (QED) is 0.419. The van der Waals surface area contributed by atoms with Gasteiger partial charge in [-0.25, -0.2) is 19.6 Å². The lowest BCUT2D eigenvalue weighted by Crippen LogP contribution is -2.56. The number of aromatic nitrogens is 2. The zero-order chi connectivity index (χ0) is 26.6. The van der Waals surface area contributed by atoms with Crippen LogP contribution in [0.2, 0.25) is 0 Å². The number of piperazine rings is 1. The molecule has 1 amide bonds. The highest BCUT2D eigenvalue weighted by atomic mass is 19.4. The normalized spacial score (nSPS) is 15.9. The van der Waals surface area contributed by atoms with Gasteiger partial charge in [-0.15, -0.1) is 0 Å². The lowest BCUT2D eigenvalue weighted by Gasteiger charge is -2.40. The lowest BCUT2D eigenvalue weighted by atomic mass is 10.1. The number of benzene rings is 2. The van der Waals surface area contributed by atoms with Crippen LogP contribution in [0.5, 0.6) is 5.75 Å². The summed E-state index contributed by atoms with van der Waals surface area (Å²) < 4.78 is 31.7. The molecule has 1 aromatic heterocycles. The molecule has 1 atom stereocenters. The van der Waals surface area contributed by atoms with Crippen LogP contribution in [-0.2, 0) is 4.79 Å². The first-order chi connectivity index (χ1) is 16.9. The number of aliphatic hydroxyl groups is 1. The number of amides is 1. The van der Waals surface area contributed by atoms with Gasteiger partial charge in [0.2, 0.25) is 0 Å². The number of carboxylic acid groups (broad SMARTS) is 2. The first-order valence-electron chi connectivity index (χ1n) is 10.6. The highest BCUT2D eigenvalue weighted by Crippen LogP contribution is 2.32. The lowest BCUT2D eigenvalue weighted by molar-refractivity contribution is -0.192. The third-order valence-corrected chi connectivity index (χ3v) is 5.46. The summed E-state index contributed by atoms with van der Waals surface area (Å²) in [7, 11) is 0. The SMILES string of the molecule is Cc1ccc2c(N3CCN(C(=O)O)C(CO)C3)nc(-c3ccccc3O)nc2c1.O=C(O)C(F)(F)F. The Balaban J connectivity index is 0.000000454. The molecule has 1 unspecified atom stereocenters. The maximum Gasteiger partial charge on any atom is 0.490 e. The molecule has 0 radical (unpaired) electrons. The average molecular weight is 508 g/mol. The predicted octanol–water partition coefficient (Wildman–Crippen LogP) is 3.11. The van der Waals surface area contributed by atoms with E-state index < -0.39 is 24.3 Å². The molecule has 36 heavy (non-hydrogen) atoms. The summed E-state index contributed by atoms with van der Waals surface area (Å²) in [6.07, 6.45) is -6.12. The fourth-order valence-corrected chi connectivity index (χ4v) is 3.70. The number of nitrogens with zero attached hydrogens (tertiary/aromatic N) is 4. The van der Waals surface area contributed by atoms with E-state index in [9.17, 15) is 33.3 Å². The Morgan fingerprint density at radius 3 is 2.33 bits per heavy atom. The van der Waals surface area contributed by atoms with Crippen molar-refractivity contribution in [3.63, 3.8) is 0 Å². The summed E-state index contributed by atoms with van der Waals surface area (Å²) >= 11 is 0. The van der Waals surface area contributed by atoms with Crippen molar-refractivity contribution in [2.75, 3.05) is 31.1 Å². The number of para-hydroxylation sites is 1. The molecule has 0 spiro atoms. The molecule has 4 N–H and O–H groups in total. The fourth-order valence-electron chi connectivity index (χ4n) is 3.70. The van der Waals surface area contributed by atoms with E-state index in [1.54, 1.807) is 18.2 Å². The number of aromatic hydroxyl groups is 1. The number of anilines is 1. The van der Waals surface area contributed by atoms with Gasteiger partial charge >= 0.3 is 18.2 Å².